The largest absolute Gasteiger partial charge is 0.317 e. The van der Waals surface area contributed by atoms with Gasteiger partial charge in [-0.1, -0.05) is 30.4 Å². The minimum atomic E-state index is 0. The average molecular weight is 252 g/mol. The van der Waals surface area contributed by atoms with Crippen LogP contribution in [0.3, 0.4) is 0 Å². The summed E-state index contributed by atoms with van der Waals surface area (Å²) < 4.78 is 0. The van der Waals surface area contributed by atoms with Gasteiger partial charge in [0.2, 0.25) is 0 Å². The number of rotatable bonds is 2. The number of aryl methyl sites for hydroxylation is 2. The molecule has 1 nitrogen and oxygen atoms in total. The van der Waals surface area contributed by atoms with Crippen LogP contribution in [0.5, 0.6) is 0 Å². The number of halogens is 1. The van der Waals surface area contributed by atoms with Crippen LogP contribution >= 0.6 is 12.4 Å². The van der Waals surface area contributed by atoms with Crippen LogP contribution in [0.15, 0.2) is 24.3 Å². The number of nitrogens with one attached hydrogen (secondary N) is 1. The van der Waals surface area contributed by atoms with Crippen molar-refractivity contribution in [3.63, 3.8) is 0 Å². The van der Waals surface area contributed by atoms with Crippen molar-refractivity contribution >= 4 is 18.5 Å². The predicted octanol–water partition coefficient (Wildman–Crippen LogP) is 3.74. The number of allylic oxidation sites excluding steroid dienone is 1. The summed E-state index contributed by atoms with van der Waals surface area (Å²) in [4.78, 5) is 0. The molecule has 1 aromatic rings. The number of hydrogen-bond donors (Lipinski definition) is 1. The standard InChI is InChI=1S/C15H21N.ClH/c1-12-4-3-5-13(2)15(12)7-6-14-8-10-16-11-9-14;/h3-7,14,16H,8-11H2,1-2H3;1H. The van der Waals surface area contributed by atoms with Gasteiger partial charge < -0.3 is 5.32 Å². The molecule has 17 heavy (non-hydrogen) atoms. The lowest BCUT2D eigenvalue weighted by Gasteiger charge is -2.19. The maximum atomic E-state index is 3.40. The summed E-state index contributed by atoms with van der Waals surface area (Å²) in [5.74, 6) is 0.764. The van der Waals surface area contributed by atoms with Crippen molar-refractivity contribution in [1.82, 2.24) is 5.32 Å². The lowest BCUT2D eigenvalue weighted by molar-refractivity contribution is 0.438. The third-order valence-corrected chi connectivity index (χ3v) is 3.46. The molecule has 1 aromatic carbocycles. The fraction of sp³-hybridized carbons (Fsp3) is 0.467. The van der Waals surface area contributed by atoms with Gasteiger partial charge in [-0.05, 0) is 62.4 Å². The van der Waals surface area contributed by atoms with Gasteiger partial charge in [-0.2, -0.15) is 0 Å². The van der Waals surface area contributed by atoms with Crippen LogP contribution in [0.2, 0.25) is 0 Å². The molecule has 94 valence electrons. The molecule has 1 heterocycles. The normalized spacial score (nSPS) is 17.1. The van der Waals surface area contributed by atoms with E-state index < -0.39 is 0 Å². The van der Waals surface area contributed by atoms with E-state index >= 15 is 0 Å². The molecule has 0 aliphatic carbocycles. The second-order valence-electron chi connectivity index (χ2n) is 4.75. The van der Waals surface area contributed by atoms with E-state index in [2.05, 4.69) is 49.5 Å². The van der Waals surface area contributed by atoms with Gasteiger partial charge in [0.25, 0.3) is 0 Å². The van der Waals surface area contributed by atoms with Crippen molar-refractivity contribution in [2.45, 2.75) is 26.7 Å². The highest BCUT2D eigenvalue weighted by molar-refractivity contribution is 5.85. The van der Waals surface area contributed by atoms with Crippen LogP contribution in [-0.4, -0.2) is 13.1 Å². The first-order chi connectivity index (χ1) is 7.77. The number of benzene rings is 1. The number of piperidine rings is 1. The molecule has 1 aliphatic heterocycles. The molecule has 1 fully saturated rings. The molecule has 2 rings (SSSR count). The summed E-state index contributed by atoms with van der Waals surface area (Å²) in [6, 6.07) is 6.51. The van der Waals surface area contributed by atoms with Crippen LogP contribution in [0.4, 0.5) is 0 Å². The second-order valence-corrected chi connectivity index (χ2v) is 4.75. The lowest BCUT2D eigenvalue weighted by atomic mass is 9.95. The van der Waals surface area contributed by atoms with Gasteiger partial charge >= 0.3 is 0 Å². The molecule has 0 atom stereocenters. The minimum Gasteiger partial charge on any atom is -0.317 e. The molecule has 2 heteroatoms. The van der Waals surface area contributed by atoms with E-state index in [4.69, 9.17) is 0 Å². The fourth-order valence-electron chi connectivity index (χ4n) is 2.36. The zero-order chi connectivity index (χ0) is 11.4. The van der Waals surface area contributed by atoms with Crippen LogP contribution in [0.25, 0.3) is 6.08 Å². The third kappa shape index (κ3) is 3.86. The van der Waals surface area contributed by atoms with E-state index in [1.165, 1.54) is 42.6 Å². The Morgan fingerprint density at radius 2 is 1.71 bits per heavy atom. The first-order valence-corrected chi connectivity index (χ1v) is 6.22. The molecular weight excluding hydrogens is 230 g/mol. The van der Waals surface area contributed by atoms with Gasteiger partial charge in [0.15, 0.2) is 0 Å². The summed E-state index contributed by atoms with van der Waals surface area (Å²) in [7, 11) is 0. The Bertz CT molecular complexity index is 358. The van der Waals surface area contributed by atoms with E-state index in [1.54, 1.807) is 0 Å². The highest BCUT2D eigenvalue weighted by atomic mass is 35.5. The first-order valence-electron chi connectivity index (χ1n) is 6.22. The van der Waals surface area contributed by atoms with E-state index in [-0.39, 0.29) is 12.4 Å². The van der Waals surface area contributed by atoms with Gasteiger partial charge in [0.05, 0.1) is 0 Å². The zero-order valence-electron chi connectivity index (χ0n) is 10.7. The average Bonchev–Trinajstić information content (AvgIpc) is 2.30. The van der Waals surface area contributed by atoms with Crippen LogP contribution in [0.1, 0.15) is 29.5 Å². The highest BCUT2D eigenvalue weighted by Crippen LogP contribution is 2.19. The number of hydrogen-bond acceptors (Lipinski definition) is 1. The van der Waals surface area contributed by atoms with Crippen molar-refractivity contribution in [1.29, 1.82) is 0 Å². The van der Waals surface area contributed by atoms with E-state index in [9.17, 15) is 0 Å². The second kappa shape index (κ2) is 6.83. The molecular formula is C15H22ClN. The van der Waals surface area contributed by atoms with Crippen LogP contribution < -0.4 is 5.32 Å². The van der Waals surface area contributed by atoms with Gasteiger partial charge in [-0.25, -0.2) is 0 Å². The quantitative estimate of drug-likeness (QED) is 0.845. The van der Waals surface area contributed by atoms with Crippen molar-refractivity contribution in [3.8, 4) is 0 Å². The molecule has 0 radical (unpaired) electrons. The van der Waals surface area contributed by atoms with Crippen molar-refractivity contribution in [2.75, 3.05) is 13.1 Å². The maximum Gasteiger partial charge on any atom is -0.00433 e. The molecule has 0 saturated carbocycles. The van der Waals surface area contributed by atoms with Crippen molar-refractivity contribution < 1.29 is 0 Å². The minimum absolute atomic E-state index is 0. The maximum absolute atomic E-state index is 3.40. The fourth-order valence-corrected chi connectivity index (χ4v) is 2.36. The summed E-state index contributed by atoms with van der Waals surface area (Å²) in [5, 5.41) is 3.40. The molecule has 0 unspecified atom stereocenters. The predicted molar refractivity (Wildman–Crippen MR) is 77.8 cm³/mol. The molecule has 0 spiro atoms. The van der Waals surface area contributed by atoms with Gasteiger partial charge in [0.1, 0.15) is 0 Å². The summed E-state index contributed by atoms with van der Waals surface area (Å²) in [6.07, 6.45) is 7.28. The molecule has 0 amide bonds. The van der Waals surface area contributed by atoms with Gasteiger partial charge in [-0.3, -0.25) is 0 Å². The Morgan fingerprint density at radius 1 is 1.12 bits per heavy atom. The van der Waals surface area contributed by atoms with Crippen LogP contribution in [-0.2, 0) is 0 Å². The van der Waals surface area contributed by atoms with E-state index in [0.717, 1.165) is 5.92 Å². The van der Waals surface area contributed by atoms with E-state index in [0.29, 0.717) is 0 Å². The SMILES string of the molecule is Cc1cccc(C)c1C=CC1CCNCC1.Cl. The Labute approximate surface area is 111 Å². The molecule has 1 N–H and O–H groups in total. The highest BCUT2D eigenvalue weighted by Gasteiger charge is 2.09. The van der Waals surface area contributed by atoms with Crippen molar-refractivity contribution in [2.24, 2.45) is 5.92 Å². The van der Waals surface area contributed by atoms with Crippen molar-refractivity contribution in [3.05, 3.63) is 41.0 Å². The molecule has 0 aromatic heterocycles. The monoisotopic (exact) mass is 251 g/mol. The Morgan fingerprint density at radius 3 is 2.29 bits per heavy atom. The first kappa shape index (κ1) is 14.3. The summed E-state index contributed by atoms with van der Waals surface area (Å²) in [6.45, 7) is 6.72. The Kier molecular flexibility index (Phi) is 5.73. The lowest BCUT2D eigenvalue weighted by Crippen LogP contribution is -2.26. The Hall–Kier alpha value is -0.790. The van der Waals surface area contributed by atoms with Crippen LogP contribution in [0, 0.1) is 19.8 Å². The topological polar surface area (TPSA) is 12.0 Å². The zero-order valence-corrected chi connectivity index (χ0v) is 11.5. The van der Waals surface area contributed by atoms with Gasteiger partial charge in [0, 0.05) is 0 Å². The molecule has 0 bridgehead atoms. The summed E-state index contributed by atoms with van der Waals surface area (Å²) in [5.41, 5.74) is 4.16. The third-order valence-electron chi connectivity index (χ3n) is 3.46. The molecule has 1 saturated heterocycles. The van der Waals surface area contributed by atoms with E-state index in [1.807, 2.05) is 0 Å². The smallest absolute Gasteiger partial charge is 0.00433 e. The molecule has 1 aliphatic rings. The van der Waals surface area contributed by atoms with Gasteiger partial charge in [-0.15, -0.1) is 12.4 Å². The summed E-state index contributed by atoms with van der Waals surface area (Å²) >= 11 is 0. The Balaban J connectivity index is 0.00000144.